The van der Waals surface area contributed by atoms with E-state index in [0.29, 0.717) is 5.88 Å². The highest BCUT2D eigenvalue weighted by molar-refractivity contribution is 5.85. The van der Waals surface area contributed by atoms with Crippen molar-refractivity contribution in [3.05, 3.63) is 23.9 Å². The van der Waals surface area contributed by atoms with Crippen molar-refractivity contribution < 1.29 is 19.4 Å². The van der Waals surface area contributed by atoms with Crippen LogP contribution in [0.1, 0.15) is 19.4 Å². The molecule has 1 aromatic heterocycles. The molecule has 3 N–H and O–H groups in total. The summed E-state index contributed by atoms with van der Waals surface area (Å²) in [7, 11) is 1.52. The number of aliphatic carboxylic acids is 1. The molecule has 0 aliphatic rings. The molecule has 0 aliphatic carbocycles. The van der Waals surface area contributed by atoms with E-state index in [0.717, 1.165) is 5.56 Å². The maximum Gasteiger partial charge on any atom is 0.328 e. The summed E-state index contributed by atoms with van der Waals surface area (Å²) in [4.78, 5) is 26.4. The van der Waals surface area contributed by atoms with Gasteiger partial charge in [0.05, 0.1) is 7.11 Å². The van der Waals surface area contributed by atoms with Gasteiger partial charge in [-0.2, -0.15) is 0 Å². The molecule has 0 unspecified atom stereocenters. The van der Waals surface area contributed by atoms with Gasteiger partial charge in [-0.05, 0) is 19.4 Å². The summed E-state index contributed by atoms with van der Waals surface area (Å²) in [6.07, 6.45) is 1.57. The molecule has 0 aliphatic heterocycles. The highest BCUT2D eigenvalue weighted by atomic mass is 16.5. The third-order valence-corrected chi connectivity index (χ3v) is 2.42. The number of carbonyl (C=O) groups excluding carboxylic acids is 1. The first-order valence-electron chi connectivity index (χ1n) is 5.63. The number of rotatable bonds is 5. The lowest BCUT2D eigenvalue weighted by atomic mass is 10.1. The molecule has 0 atom stereocenters. The smallest absolute Gasteiger partial charge is 0.328 e. The summed E-state index contributed by atoms with van der Waals surface area (Å²) in [5, 5.41) is 13.8. The van der Waals surface area contributed by atoms with Gasteiger partial charge in [0.2, 0.25) is 5.88 Å². The third-order valence-electron chi connectivity index (χ3n) is 2.42. The number of carboxylic acids is 1. The first kappa shape index (κ1) is 14.7. The van der Waals surface area contributed by atoms with E-state index in [9.17, 15) is 9.59 Å². The molecule has 0 fully saturated rings. The van der Waals surface area contributed by atoms with E-state index in [1.807, 2.05) is 0 Å². The minimum Gasteiger partial charge on any atom is -0.481 e. The van der Waals surface area contributed by atoms with Crippen molar-refractivity contribution in [2.45, 2.75) is 25.9 Å². The van der Waals surface area contributed by atoms with E-state index < -0.39 is 17.5 Å². The van der Waals surface area contributed by atoms with Gasteiger partial charge >= 0.3 is 12.0 Å². The number of ether oxygens (including phenoxy) is 1. The van der Waals surface area contributed by atoms with Crippen LogP contribution < -0.4 is 15.4 Å². The molecular formula is C12H17N3O4. The minimum atomic E-state index is -1.32. The van der Waals surface area contributed by atoms with Crippen LogP contribution >= 0.6 is 0 Å². The van der Waals surface area contributed by atoms with E-state index in [2.05, 4.69) is 15.6 Å². The van der Waals surface area contributed by atoms with E-state index in [1.54, 1.807) is 18.3 Å². The molecule has 2 amide bonds. The first-order valence-corrected chi connectivity index (χ1v) is 5.63. The average Bonchev–Trinajstić information content (AvgIpc) is 2.36. The Morgan fingerprint density at radius 3 is 2.58 bits per heavy atom. The zero-order valence-electron chi connectivity index (χ0n) is 11.1. The molecule has 0 spiro atoms. The second-order valence-electron chi connectivity index (χ2n) is 4.45. The molecule has 1 aromatic rings. The van der Waals surface area contributed by atoms with Crippen LogP contribution in [-0.4, -0.2) is 34.7 Å². The van der Waals surface area contributed by atoms with Gasteiger partial charge in [-0.25, -0.2) is 14.6 Å². The number of nitrogens with one attached hydrogen (secondary N) is 2. The number of aromatic nitrogens is 1. The highest BCUT2D eigenvalue weighted by Gasteiger charge is 2.28. The molecule has 0 bridgehead atoms. The van der Waals surface area contributed by atoms with Crippen LogP contribution in [0.5, 0.6) is 5.88 Å². The highest BCUT2D eigenvalue weighted by Crippen LogP contribution is 2.06. The van der Waals surface area contributed by atoms with Crippen molar-refractivity contribution in [2.24, 2.45) is 0 Å². The van der Waals surface area contributed by atoms with Gasteiger partial charge in [0.15, 0.2) is 0 Å². The number of urea groups is 1. The van der Waals surface area contributed by atoms with Crippen LogP contribution in [0.3, 0.4) is 0 Å². The molecule has 19 heavy (non-hydrogen) atoms. The SMILES string of the molecule is COc1ccc(CNC(=O)NC(C)(C)C(=O)O)cn1. The Kier molecular flexibility index (Phi) is 4.68. The zero-order valence-corrected chi connectivity index (χ0v) is 11.1. The lowest BCUT2D eigenvalue weighted by molar-refractivity contribution is -0.142. The predicted molar refractivity (Wildman–Crippen MR) is 67.9 cm³/mol. The Morgan fingerprint density at radius 2 is 2.11 bits per heavy atom. The van der Waals surface area contributed by atoms with Gasteiger partial charge in [-0.1, -0.05) is 6.07 Å². The van der Waals surface area contributed by atoms with Crippen molar-refractivity contribution in [3.8, 4) is 5.88 Å². The van der Waals surface area contributed by atoms with Crippen LogP contribution in [0.4, 0.5) is 4.79 Å². The van der Waals surface area contributed by atoms with E-state index in [-0.39, 0.29) is 6.54 Å². The number of pyridine rings is 1. The van der Waals surface area contributed by atoms with Crippen molar-refractivity contribution in [1.82, 2.24) is 15.6 Å². The fraction of sp³-hybridized carbons (Fsp3) is 0.417. The standard InChI is InChI=1S/C12H17N3O4/c1-12(2,10(16)17)15-11(18)14-7-8-4-5-9(19-3)13-6-8/h4-6H,7H2,1-3H3,(H,16,17)(H2,14,15,18). The molecule has 0 saturated carbocycles. The number of carboxylic acid groups (broad SMARTS) is 1. The Labute approximate surface area is 111 Å². The van der Waals surface area contributed by atoms with E-state index >= 15 is 0 Å². The van der Waals surface area contributed by atoms with Crippen LogP contribution in [-0.2, 0) is 11.3 Å². The monoisotopic (exact) mass is 267 g/mol. The molecule has 1 rings (SSSR count). The summed E-state index contributed by atoms with van der Waals surface area (Å²) in [6, 6.07) is 2.88. The Balaban J connectivity index is 2.48. The molecule has 7 heteroatoms. The quantitative estimate of drug-likeness (QED) is 0.731. The summed E-state index contributed by atoms with van der Waals surface area (Å²) >= 11 is 0. The molecule has 104 valence electrons. The van der Waals surface area contributed by atoms with Crippen LogP contribution in [0.25, 0.3) is 0 Å². The van der Waals surface area contributed by atoms with Gasteiger partial charge in [-0.3, -0.25) is 0 Å². The summed E-state index contributed by atoms with van der Waals surface area (Å²) in [5.74, 6) is -0.617. The van der Waals surface area contributed by atoms with Crippen LogP contribution in [0.2, 0.25) is 0 Å². The Hall–Kier alpha value is -2.31. The molecule has 7 nitrogen and oxygen atoms in total. The number of methoxy groups -OCH3 is 1. The number of amides is 2. The Bertz CT molecular complexity index is 457. The van der Waals surface area contributed by atoms with E-state index in [4.69, 9.17) is 9.84 Å². The molecule has 0 aromatic carbocycles. The average molecular weight is 267 g/mol. The maximum atomic E-state index is 11.5. The fourth-order valence-corrected chi connectivity index (χ4v) is 1.20. The maximum absolute atomic E-state index is 11.5. The minimum absolute atomic E-state index is 0.249. The van der Waals surface area contributed by atoms with Gasteiger partial charge in [0.1, 0.15) is 5.54 Å². The van der Waals surface area contributed by atoms with E-state index in [1.165, 1.54) is 21.0 Å². The lowest BCUT2D eigenvalue weighted by Crippen LogP contribution is -2.52. The van der Waals surface area contributed by atoms with Gasteiger partial charge in [0.25, 0.3) is 0 Å². The number of nitrogens with zero attached hydrogens (tertiary/aromatic N) is 1. The largest absolute Gasteiger partial charge is 0.481 e. The van der Waals surface area contributed by atoms with Crippen molar-refractivity contribution in [1.29, 1.82) is 0 Å². The summed E-state index contributed by atoms with van der Waals surface area (Å²) < 4.78 is 4.91. The molecule has 0 radical (unpaired) electrons. The number of hydrogen-bond donors (Lipinski definition) is 3. The summed E-state index contributed by atoms with van der Waals surface area (Å²) in [6.45, 7) is 3.06. The van der Waals surface area contributed by atoms with Gasteiger partial charge in [0, 0.05) is 18.8 Å². The number of carbonyl (C=O) groups is 2. The Morgan fingerprint density at radius 1 is 1.42 bits per heavy atom. The normalized spacial score (nSPS) is 10.7. The topological polar surface area (TPSA) is 101 Å². The zero-order chi connectivity index (χ0) is 14.5. The van der Waals surface area contributed by atoms with Crippen molar-refractivity contribution in [3.63, 3.8) is 0 Å². The first-order chi connectivity index (χ1) is 8.85. The van der Waals surface area contributed by atoms with Crippen LogP contribution in [0.15, 0.2) is 18.3 Å². The second-order valence-corrected chi connectivity index (χ2v) is 4.45. The third kappa shape index (κ3) is 4.46. The fourth-order valence-electron chi connectivity index (χ4n) is 1.20. The van der Waals surface area contributed by atoms with Gasteiger partial charge in [-0.15, -0.1) is 0 Å². The molecular weight excluding hydrogens is 250 g/mol. The second kappa shape index (κ2) is 6.03. The van der Waals surface area contributed by atoms with Crippen molar-refractivity contribution >= 4 is 12.0 Å². The van der Waals surface area contributed by atoms with Gasteiger partial charge < -0.3 is 20.5 Å². The number of hydrogen-bond acceptors (Lipinski definition) is 4. The molecule has 1 heterocycles. The van der Waals surface area contributed by atoms with Crippen molar-refractivity contribution in [2.75, 3.05) is 7.11 Å². The summed E-state index contributed by atoms with van der Waals surface area (Å²) in [5.41, 5.74) is -0.536. The lowest BCUT2D eigenvalue weighted by Gasteiger charge is -2.21. The predicted octanol–water partition coefficient (Wildman–Crippen LogP) is 0.753. The van der Waals surface area contributed by atoms with Crippen LogP contribution in [0, 0.1) is 0 Å². The molecule has 0 saturated heterocycles.